The van der Waals surface area contributed by atoms with Gasteiger partial charge in [-0.25, -0.2) is 4.98 Å². The van der Waals surface area contributed by atoms with Crippen LogP contribution in [0, 0.1) is 6.92 Å². The quantitative estimate of drug-likeness (QED) is 0.343. The summed E-state index contributed by atoms with van der Waals surface area (Å²) in [5.41, 5.74) is 9.21. The van der Waals surface area contributed by atoms with E-state index in [1.165, 1.54) is 11.3 Å². The first kappa shape index (κ1) is 14.0. The van der Waals surface area contributed by atoms with Crippen molar-refractivity contribution < 1.29 is 10.0 Å². The van der Waals surface area contributed by atoms with Crippen molar-refractivity contribution in [3.05, 3.63) is 51.5 Å². The summed E-state index contributed by atoms with van der Waals surface area (Å²) in [6, 6.07) is 6.51. The highest BCUT2D eigenvalue weighted by Crippen LogP contribution is 2.12. The van der Waals surface area contributed by atoms with Crippen molar-refractivity contribution in [3.63, 3.8) is 0 Å². The number of benzene rings is 1. The highest BCUT2D eigenvalue weighted by molar-refractivity contribution is 7.09. The molecule has 20 heavy (non-hydrogen) atoms. The molecule has 0 spiro atoms. The van der Waals surface area contributed by atoms with Gasteiger partial charge < -0.3 is 16.3 Å². The van der Waals surface area contributed by atoms with Crippen LogP contribution in [0.1, 0.15) is 26.5 Å². The van der Waals surface area contributed by atoms with E-state index in [2.05, 4.69) is 15.5 Å². The number of carbonyl (C=O) groups is 1. The van der Waals surface area contributed by atoms with Crippen LogP contribution in [0.15, 0.2) is 34.9 Å². The molecule has 7 heteroatoms. The normalized spacial score (nSPS) is 11.3. The van der Waals surface area contributed by atoms with Gasteiger partial charge in [0.2, 0.25) is 0 Å². The van der Waals surface area contributed by atoms with Gasteiger partial charge in [-0.1, -0.05) is 17.3 Å². The molecular weight excluding hydrogens is 276 g/mol. The van der Waals surface area contributed by atoms with Crippen LogP contribution in [-0.4, -0.2) is 21.9 Å². The van der Waals surface area contributed by atoms with Gasteiger partial charge in [-0.2, -0.15) is 0 Å². The van der Waals surface area contributed by atoms with E-state index in [9.17, 15) is 4.79 Å². The van der Waals surface area contributed by atoms with Crippen molar-refractivity contribution >= 4 is 23.1 Å². The van der Waals surface area contributed by atoms with Crippen LogP contribution in [-0.2, 0) is 6.54 Å². The van der Waals surface area contributed by atoms with Crippen molar-refractivity contribution in [3.8, 4) is 0 Å². The van der Waals surface area contributed by atoms with Crippen molar-refractivity contribution in [1.82, 2.24) is 10.3 Å². The van der Waals surface area contributed by atoms with E-state index in [-0.39, 0.29) is 11.7 Å². The number of amidine groups is 1. The molecule has 1 aromatic heterocycles. The molecule has 0 bridgehead atoms. The molecule has 1 heterocycles. The van der Waals surface area contributed by atoms with E-state index in [1.807, 2.05) is 6.92 Å². The SMILES string of the molecule is Cc1ncsc1CNC(=O)c1ccc(C(N)=NO)cc1. The van der Waals surface area contributed by atoms with E-state index in [1.54, 1.807) is 29.8 Å². The van der Waals surface area contributed by atoms with Crippen molar-refractivity contribution in [1.29, 1.82) is 0 Å². The second-order valence-corrected chi connectivity index (χ2v) is 5.05. The zero-order valence-electron chi connectivity index (χ0n) is 10.8. The Bertz CT molecular complexity index is 634. The van der Waals surface area contributed by atoms with Gasteiger partial charge in [0.05, 0.1) is 17.7 Å². The predicted molar refractivity (Wildman–Crippen MR) is 77.0 cm³/mol. The summed E-state index contributed by atoms with van der Waals surface area (Å²) in [5, 5.41) is 14.3. The minimum absolute atomic E-state index is 0.0113. The summed E-state index contributed by atoms with van der Waals surface area (Å²) in [6.45, 7) is 2.36. The molecule has 6 nitrogen and oxygen atoms in total. The molecular formula is C13H14N4O2S. The molecule has 4 N–H and O–H groups in total. The third kappa shape index (κ3) is 3.12. The highest BCUT2D eigenvalue weighted by Gasteiger charge is 2.08. The van der Waals surface area contributed by atoms with Gasteiger partial charge in [-0.15, -0.1) is 11.3 Å². The molecule has 0 unspecified atom stereocenters. The third-order valence-electron chi connectivity index (χ3n) is 2.80. The Balaban J connectivity index is 2.01. The highest BCUT2D eigenvalue weighted by atomic mass is 32.1. The van der Waals surface area contributed by atoms with Crippen LogP contribution in [0.5, 0.6) is 0 Å². The predicted octanol–water partition coefficient (Wildman–Crippen LogP) is 1.48. The maximum Gasteiger partial charge on any atom is 0.251 e. The number of hydrogen-bond acceptors (Lipinski definition) is 5. The second-order valence-electron chi connectivity index (χ2n) is 4.11. The number of carbonyl (C=O) groups excluding carboxylic acids is 1. The zero-order valence-corrected chi connectivity index (χ0v) is 11.6. The lowest BCUT2D eigenvalue weighted by Gasteiger charge is -2.05. The minimum atomic E-state index is -0.177. The van der Waals surface area contributed by atoms with E-state index in [0.717, 1.165) is 10.6 Å². The third-order valence-corrected chi connectivity index (χ3v) is 3.74. The number of thiazole rings is 1. The number of oxime groups is 1. The summed E-state index contributed by atoms with van der Waals surface area (Å²) in [6.07, 6.45) is 0. The Morgan fingerprint density at radius 2 is 2.05 bits per heavy atom. The maximum atomic E-state index is 12.0. The summed E-state index contributed by atoms with van der Waals surface area (Å²) in [4.78, 5) is 17.1. The van der Waals surface area contributed by atoms with Gasteiger partial charge in [0.1, 0.15) is 0 Å². The number of amides is 1. The molecule has 0 saturated heterocycles. The largest absolute Gasteiger partial charge is 0.409 e. The van der Waals surface area contributed by atoms with Crippen molar-refractivity contribution in [2.24, 2.45) is 10.9 Å². The van der Waals surface area contributed by atoms with Crippen LogP contribution in [0.25, 0.3) is 0 Å². The molecule has 0 aliphatic carbocycles. The molecule has 0 aliphatic heterocycles. The van der Waals surface area contributed by atoms with E-state index < -0.39 is 0 Å². The molecule has 0 saturated carbocycles. The fraction of sp³-hybridized carbons (Fsp3) is 0.154. The van der Waals surface area contributed by atoms with Gasteiger partial charge in [0.15, 0.2) is 5.84 Å². The first-order valence-electron chi connectivity index (χ1n) is 5.87. The summed E-state index contributed by atoms with van der Waals surface area (Å²) in [7, 11) is 0. The Hall–Kier alpha value is -2.41. The van der Waals surface area contributed by atoms with E-state index in [4.69, 9.17) is 10.9 Å². The van der Waals surface area contributed by atoms with Crippen LogP contribution in [0.3, 0.4) is 0 Å². The summed E-state index contributed by atoms with van der Waals surface area (Å²) >= 11 is 1.51. The lowest BCUT2D eigenvalue weighted by atomic mass is 10.1. The molecule has 1 amide bonds. The molecule has 0 fully saturated rings. The zero-order chi connectivity index (χ0) is 14.5. The fourth-order valence-corrected chi connectivity index (χ4v) is 2.33. The number of nitrogens with one attached hydrogen (secondary N) is 1. The topological polar surface area (TPSA) is 101 Å². The molecule has 104 valence electrons. The van der Waals surface area contributed by atoms with Crippen LogP contribution >= 0.6 is 11.3 Å². The summed E-state index contributed by atoms with van der Waals surface area (Å²) < 4.78 is 0. The van der Waals surface area contributed by atoms with Gasteiger partial charge in [-0.05, 0) is 19.1 Å². The Labute approximate surface area is 120 Å². The summed E-state index contributed by atoms with van der Waals surface area (Å²) in [5.74, 6) is -0.166. The lowest BCUT2D eigenvalue weighted by Crippen LogP contribution is -2.23. The smallest absolute Gasteiger partial charge is 0.251 e. The molecule has 0 atom stereocenters. The van der Waals surface area contributed by atoms with Crippen LogP contribution in [0.2, 0.25) is 0 Å². The van der Waals surface area contributed by atoms with Gasteiger partial charge in [-0.3, -0.25) is 4.79 Å². The number of hydrogen-bond donors (Lipinski definition) is 3. The lowest BCUT2D eigenvalue weighted by molar-refractivity contribution is 0.0951. The average molecular weight is 290 g/mol. The number of aryl methyl sites for hydroxylation is 1. The molecule has 0 radical (unpaired) electrons. The van der Waals surface area contributed by atoms with E-state index in [0.29, 0.717) is 17.7 Å². The maximum absolute atomic E-state index is 12.0. The molecule has 1 aromatic carbocycles. The van der Waals surface area contributed by atoms with Gasteiger partial charge in [0.25, 0.3) is 5.91 Å². The number of rotatable bonds is 4. The fourth-order valence-electron chi connectivity index (χ4n) is 1.61. The molecule has 0 aliphatic rings. The second kappa shape index (κ2) is 6.16. The van der Waals surface area contributed by atoms with Gasteiger partial charge >= 0.3 is 0 Å². The van der Waals surface area contributed by atoms with Gasteiger partial charge in [0, 0.05) is 16.0 Å². The van der Waals surface area contributed by atoms with Crippen molar-refractivity contribution in [2.75, 3.05) is 0 Å². The molecule has 2 rings (SSSR count). The van der Waals surface area contributed by atoms with Crippen molar-refractivity contribution in [2.45, 2.75) is 13.5 Å². The minimum Gasteiger partial charge on any atom is -0.409 e. The average Bonchev–Trinajstić information content (AvgIpc) is 2.89. The first-order chi connectivity index (χ1) is 9.61. The monoisotopic (exact) mass is 290 g/mol. The number of nitrogens with two attached hydrogens (primary N) is 1. The Morgan fingerprint density at radius 1 is 1.40 bits per heavy atom. The Morgan fingerprint density at radius 3 is 2.60 bits per heavy atom. The van der Waals surface area contributed by atoms with Crippen LogP contribution < -0.4 is 11.1 Å². The molecule has 2 aromatic rings. The Kier molecular flexibility index (Phi) is 4.31. The number of nitrogens with zero attached hydrogens (tertiary/aromatic N) is 2. The number of aromatic nitrogens is 1. The first-order valence-corrected chi connectivity index (χ1v) is 6.75. The van der Waals surface area contributed by atoms with E-state index >= 15 is 0 Å². The van der Waals surface area contributed by atoms with Crippen LogP contribution in [0.4, 0.5) is 0 Å². The standard InChI is InChI=1S/C13H14N4O2S/c1-8-11(20-7-16-8)6-15-13(18)10-4-2-9(3-5-10)12(14)17-19/h2-5,7,19H,6H2,1H3,(H2,14,17)(H,15,18).